The first-order valence-corrected chi connectivity index (χ1v) is 12.6. The van der Waals surface area contributed by atoms with Crippen molar-refractivity contribution in [2.45, 2.75) is 89.3 Å². The number of amides is 2. The molecule has 3 atom stereocenters. The fraction of sp³-hybridized carbons (Fsp3) is 0.875. The van der Waals surface area contributed by atoms with Gasteiger partial charge >= 0.3 is 0 Å². The minimum atomic E-state index is -0.603. The molecule has 0 aromatic rings. The lowest BCUT2D eigenvalue weighted by Crippen LogP contribution is -2.54. The predicted octanol–water partition coefficient (Wildman–Crippen LogP) is 0.692. The van der Waals surface area contributed by atoms with Gasteiger partial charge < -0.3 is 31.9 Å². The third-order valence-corrected chi connectivity index (χ3v) is 5.75. The van der Waals surface area contributed by atoms with E-state index in [1.54, 1.807) is 14.0 Å². The Bertz CT molecular complexity index is 532. The number of likely N-dealkylation sites (N-methyl/N-ethyl adjacent to an activating group) is 1. The van der Waals surface area contributed by atoms with Crippen LogP contribution in [-0.4, -0.2) is 83.5 Å². The van der Waals surface area contributed by atoms with Crippen molar-refractivity contribution in [3.8, 4) is 0 Å². The lowest BCUT2D eigenvalue weighted by Gasteiger charge is -2.25. The number of nitrogens with one attached hydrogen (secondary N) is 6. The molecule has 0 spiro atoms. The normalized spacial score (nSPS) is 13.8. The highest BCUT2D eigenvalue weighted by Gasteiger charge is 2.26. The van der Waals surface area contributed by atoms with Crippen molar-refractivity contribution in [1.29, 1.82) is 0 Å². The van der Waals surface area contributed by atoms with Crippen molar-refractivity contribution in [3.05, 3.63) is 0 Å². The van der Waals surface area contributed by atoms with Crippen molar-refractivity contribution < 1.29 is 14.4 Å². The average Bonchev–Trinajstić information content (AvgIpc) is 2.78. The van der Waals surface area contributed by atoms with Crippen molar-refractivity contribution in [3.63, 3.8) is 0 Å². The first-order chi connectivity index (χ1) is 15.9. The first-order valence-electron chi connectivity index (χ1n) is 12.6. The summed E-state index contributed by atoms with van der Waals surface area (Å²) in [6.45, 7) is 4.24. The number of hydrogen-bond acceptors (Lipinski definition) is 7. The Hall–Kier alpha value is -1.55. The maximum absolute atomic E-state index is 13.1. The highest BCUT2D eigenvalue weighted by molar-refractivity contribution is 5.90. The third-order valence-electron chi connectivity index (χ3n) is 5.75. The molecule has 0 aliphatic heterocycles. The van der Waals surface area contributed by atoms with Crippen LogP contribution in [0.5, 0.6) is 0 Å². The fourth-order valence-electron chi connectivity index (χ4n) is 3.81. The van der Waals surface area contributed by atoms with Gasteiger partial charge in [0.15, 0.2) is 0 Å². The van der Waals surface area contributed by atoms with Gasteiger partial charge in [-0.1, -0.05) is 12.8 Å². The van der Waals surface area contributed by atoms with E-state index < -0.39 is 6.04 Å². The van der Waals surface area contributed by atoms with Gasteiger partial charge in [0.25, 0.3) is 0 Å². The second-order valence-electron chi connectivity index (χ2n) is 8.81. The summed E-state index contributed by atoms with van der Waals surface area (Å²) in [5, 5.41) is 18.5. The van der Waals surface area contributed by atoms with Gasteiger partial charge in [0.1, 0.15) is 11.8 Å². The first kappa shape index (κ1) is 31.4. The molecule has 33 heavy (non-hydrogen) atoms. The van der Waals surface area contributed by atoms with Gasteiger partial charge in [-0.2, -0.15) is 0 Å². The van der Waals surface area contributed by atoms with Crippen LogP contribution in [0, 0.1) is 0 Å². The van der Waals surface area contributed by atoms with Gasteiger partial charge in [-0.15, -0.1) is 0 Å². The van der Waals surface area contributed by atoms with E-state index in [0.717, 1.165) is 71.0 Å². The molecule has 0 aromatic carbocycles. The summed E-state index contributed by atoms with van der Waals surface area (Å²) < 4.78 is 0. The van der Waals surface area contributed by atoms with Gasteiger partial charge in [-0.25, -0.2) is 0 Å². The molecule has 0 rings (SSSR count). The molecule has 3 unspecified atom stereocenters. The van der Waals surface area contributed by atoms with Crippen LogP contribution in [0.4, 0.5) is 0 Å². The zero-order valence-electron chi connectivity index (χ0n) is 21.6. The van der Waals surface area contributed by atoms with E-state index in [4.69, 9.17) is 0 Å². The summed E-state index contributed by atoms with van der Waals surface area (Å²) in [4.78, 5) is 37.8. The number of carbonyl (C=O) groups is 3. The summed E-state index contributed by atoms with van der Waals surface area (Å²) >= 11 is 0. The summed E-state index contributed by atoms with van der Waals surface area (Å²) in [7, 11) is 7.51. The lowest BCUT2D eigenvalue weighted by atomic mass is 10.0. The highest BCUT2D eigenvalue weighted by atomic mass is 16.2. The van der Waals surface area contributed by atoms with Crippen LogP contribution < -0.4 is 31.9 Å². The van der Waals surface area contributed by atoms with Crippen LogP contribution in [-0.2, 0) is 14.4 Å². The number of hydrogen-bond donors (Lipinski definition) is 6. The van der Waals surface area contributed by atoms with E-state index in [9.17, 15) is 14.4 Å². The van der Waals surface area contributed by atoms with E-state index >= 15 is 0 Å². The summed E-state index contributed by atoms with van der Waals surface area (Å²) in [5.41, 5.74) is 0. The molecular formula is C24H50N6O3. The average molecular weight is 471 g/mol. The number of rotatable bonds is 22. The van der Waals surface area contributed by atoms with E-state index in [1.807, 2.05) is 21.1 Å². The summed E-state index contributed by atoms with van der Waals surface area (Å²) in [5.74, 6) is -0.286. The molecule has 9 heteroatoms. The number of unbranched alkanes of at least 4 members (excludes halogenated alkanes) is 3. The van der Waals surface area contributed by atoms with E-state index in [0.29, 0.717) is 12.8 Å². The molecular weight excluding hydrogens is 420 g/mol. The minimum absolute atomic E-state index is 0.0559. The van der Waals surface area contributed by atoms with Gasteiger partial charge in [-0.3, -0.25) is 14.4 Å². The minimum Gasteiger partial charge on any atom is -0.351 e. The second kappa shape index (κ2) is 21.0. The molecule has 0 radical (unpaired) electrons. The van der Waals surface area contributed by atoms with Crippen LogP contribution in [0.25, 0.3) is 0 Å². The monoisotopic (exact) mass is 470 g/mol. The van der Waals surface area contributed by atoms with Crippen LogP contribution in [0.3, 0.4) is 0 Å². The zero-order chi connectivity index (χ0) is 24.9. The highest BCUT2D eigenvalue weighted by Crippen LogP contribution is 2.09. The zero-order valence-corrected chi connectivity index (χ0v) is 21.6. The van der Waals surface area contributed by atoms with Crippen LogP contribution >= 0.6 is 0 Å². The summed E-state index contributed by atoms with van der Waals surface area (Å²) in [6.07, 6.45) is 7.94. The van der Waals surface area contributed by atoms with Gasteiger partial charge in [0.2, 0.25) is 11.8 Å². The molecule has 0 heterocycles. The molecule has 6 N–H and O–H groups in total. The SMILES string of the molecule is CNCCCCC(CC(C)=O)NC(=O)C(CCCCNC)NC(=O)C(CCCCNC)NC. The van der Waals surface area contributed by atoms with Crippen molar-refractivity contribution in [2.75, 3.05) is 47.8 Å². The van der Waals surface area contributed by atoms with E-state index in [-0.39, 0.29) is 29.7 Å². The molecule has 0 fully saturated rings. The van der Waals surface area contributed by atoms with E-state index in [2.05, 4.69) is 31.9 Å². The largest absolute Gasteiger partial charge is 0.351 e. The fourth-order valence-corrected chi connectivity index (χ4v) is 3.81. The van der Waals surface area contributed by atoms with Crippen molar-refractivity contribution in [1.82, 2.24) is 31.9 Å². The molecule has 0 saturated heterocycles. The molecule has 0 bridgehead atoms. The van der Waals surface area contributed by atoms with Gasteiger partial charge in [0.05, 0.1) is 6.04 Å². The topological polar surface area (TPSA) is 123 Å². The predicted molar refractivity (Wildman–Crippen MR) is 135 cm³/mol. The maximum Gasteiger partial charge on any atom is 0.242 e. The lowest BCUT2D eigenvalue weighted by molar-refractivity contribution is -0.131. The Morgan fingerprint density at radius 3 is 1.52 bits per heavy atom. The molecule has 2 amide bonds. The smallest absolute Gasteiger partial charge is 0.242 e. The maximum atomic E-state index is 13.1. The Kier molecular flexibility index (Phi) is 20.0. The van der Waals surface area contributed by atoms with E-state index in [1.165, 1.54) is 0 Å². The van der Waals surface area contributed by atoms with Crippen LogP contribution in [0.15, 0.2) is 0 Å². The Labute approximate surface area is 201 Å². The standard InChI is InChI=1S/C24H50N6O3/c1-19(31)18-20(12-6-9-15-25-2)29-24(33)22(14-8-11-17-27-4)30-23(32)21(28-5)13-7-10-16-26-3/h20-22,25-28H,6-18H2,1-5H3,(H,29,33)(H,30,32). The molecule has 9 nitrogen and oxygen atoms in total. The Morgan fingerprint density at radius 1 is 0.606 bits per heavy atom. The number of carbonyl (C=O) groups excluding carboxylic acids is 3. The van der Waals surface area contributed by atoms with Crippen molar-refractivity contribution >= 4 is 17.6 Å². The van der Waals surface area contributed by atoms with Crippen LogP contribution in [0.2, 0.25) is 0 Å². The number of ketones is 1. The quantitative estimate of drug-likeness (QED) is 0.129. The second-order valence-corrected chi connectivity index (χ2v) is 8.81. The van der Waals surface area contributed by atoms with Gasteiger partial charge in [-0.05, 0) is 99.7 Å². The van der Waals surface area contributed by atoms with Crippen LogP contribution in [0.1, 0.15) is 71.1 Å². The Morgan fingerprint density at radius 2 is 1.06 bits per heavy atom. The molecule has 0 saturated carbocycles. The molecule has 0 aliphatic rings. The Balaban J connectivity index is 5.07. The van der Waals surface area contributed by atoms with Gasteiger partial charge in [0, 0.05) is 12.5 Å². The summed E-state index contributed by atoms with van der Waals surface area (Å²) in [6, 6.07) is -1.14. The van der Waals surface area contributed by atoms with Crippen molar-refractivity contribution in [2.24, 2.45) is 0 Å². The molecule has 0 aliphatic carbocycles. The number of Topliss-reactive ketones (excluding diaryl/α,β-unsaturated/α-hetero) is 1. The molecule has 0 aromatic heterocycles. The molecule has 194 valence electrons. The third kappa shape index (κ3) is 16.7.